The smallest absolute Gasteiger partial charge is 0.227 e. The molecule has 0 saturated carbocycles. The van der Waals surface area contributed by atoms with Gasteiger partial charge in [-0.2, -0.15) is 0 Å². The van der Waals surface area contributed by atoms with Gasteiger partial charge < -0.3 is 13.9 Å². The number of furan rings is 1. The summed E-state index contributed by atoms with van der Waals surface area (Å²) < 4.78 is 8.43. The Kier molecular flexibility index (Phi) is 6.15. The number of aromatic nitrogens is 2. The van der Waals surface area contributed by atoms with E-state index < -0.39 is 0 Å². The van der Waals surface area contributed by atoms with Gasteiger partial charge in [-0.05, 0) is 89.3 Å². The Morgan fingerprint density at radius 2 is 1.08 bits per heavy atom. The first kappa shape index (κ1) is 27.5. The second-order valence-electron chi connectivity index (χ2n) is 12.4. The topological polar surface area (TPSA) is 34.2 Å². The second-order valence-corrected chi connectivity index (χ2v) is 12.4. The molecule has 7 aromatic carbocycles. The first-order chi connectivity index (χ1) is 24.3. The van der Waals surface area contributed by atoms with E-state index in [1.807, 2.05) is 6.07 Å². The highest BCUT2D eigenvalue weighted by molar-refractivity contribution is 6.09. The Morgan fingerprint density at radius 3 is 1.84 bits per heavy atom. The summed E-state index contributed by atoms with van der Waals surface area (Å²) in [6.45, 7) is 0. The number of nitrogens with zero attached hydrogens (tertiary/aromatic N) is 3. The molecule has 0 aliphatic heterocycles. The lowest BCUT2D eigenvalue weighted by atomic mass is 10.0. The zero-order valence-electron chi connectivity index (χ0n) is 26.5. The van der Waals surface area contributed by atoms with Crippen LogP contribution in [0.3, 0.4) is 0 Å². The van der Waals surface area contributed by atoms with E-state index in [2.05, 4.69) is 178 Å². The van der Waals surface area contributed by atoms with Crippen LogP contribution in [0, 0.1) is 0 Å². The summed E-state index contributed by atoms with van der Waals surface area (Å²) in [4.78, 5) is 6.79. The van der Waals surface area contributed by atoms with Crippen molar-refractivity contribution in [3.05, 3.63) is 176 Å². The molecule has 0 fully saturated rings. The van der Waals surface area contributed by atoms with Gasteiger partial charge in [-0.15, -0.1) is 0 Å². The van der Waals surface area contributed by atoms with Crippen molar-refractivity contribution in [3.8, 4) is 16.8 Å². The molecular formula is C45H29N3O. The van der Waals surface area contributed by atoms with Crippen LogP contribution >= 0.6 is 0 Å². The average Bonchev–Trinajstić information content (AvgIpc) is 3.71. The molecule has 0 aliphatic carbocycles. The molecule has 10 rings (SSSR count). The Hall–Kier alpha value is -6.65. The van der Waals surface area contributed by atoms with Crippen LogP contribution in [-0.4, -0.2) is 9.55 Å². The lowest BCUT2D eigenvalue weighted by molar-refractivity contribution is 0.654. The van der Waals surface area contributed by atoms with Gasteiger partial charge in [0.25, 0.3) is 0 Å². The molecule has 0 amide bonds. The monoisotopic (exact) mass is 627 g/mol. The van der Waals surface area contributed by atoms with E-state index in [9.17, 15) is 0 Å². The van der Waals surface area contributed by atoms with E-state index in [0.717, 1.165) is 44.7 Å². The van der Waals surface area contributed by atoms with E-state index in [1.54, 1.807) is 6.20 Å². The van der Waals surface area contributed by atoms with Crippen molar-refractivity contribution in [1.29, 1.82) is 0 Å². The standard InChI is InChI=1S/C45H29N3O/c1-2-11-36-32(9-1)10-7-17-41(36)47(35-26-27-44-40(29-35)39-14-8-28-46-45(39)49-44)33-22-18-30(19-23-33)31-20-24-34(25-21-31)48-42-15-5-3-12-37(42)38-13-4-6-16-43(38)48/h1-29H. The quantitative estimate of drug-likeness (QED) is 0.190. The molecule has 49 heavy (non-hydrogen) atoms. The molecule has 0 atom stereocenters. The zero-order valence-corrected chi connectivity index (χ0v) is 26.5. The molecule has 0 radical (unpaired) electrons. The number of para-hydroxylation sites is 2. The fraction of sp³-hybridized carbons (Fsp3) is 0. The van der Waals surface area contributed by atoms with Gasteiger partial charge in [0.15, 0.2) is 0 Å². The summed E-state index contributed by atoms with van der Waals surface area (Å²) in [5, 5.41) is 6.98. The molecule has 0 spiro atoms. The first-order valence-corrected chi connectivity index (χ1v) is 16.5. The van der Waals surface area contributed by atoms with Crippen molar-refractivity contribution >= 4 is 71.7 Å². The number of rotatable bonds is 5. The lowest BCUT2D eigenvalue weighted by Gasteiger charge is -2.27. The predicted octanol–water partition coefficient (Wildman–Crippen LogP) is 12.4. The minimum atomic E-state index is 0.653. The highest BCUT2D eigenvalue weighted by Gasteiger charge is 2.18. The van der Waals surface area contributed by atoms with Crippen molar-refractivity contribution in [2.45, 2.75) is 0 Å². The van der Waals surface area contributed by atoms with E-state index in [4.69, 9.17) is 4.42 Å². The number of benzene rings is 7. The Balaban J connectivity index is 1.06. The van der Waals surface area contributed by atoms with Gasteiger partial charge in [0, 0.05) is 50.2 Å². The van der Waals surface area contributed by atoms with Gasteiger partial charge >= 0.3 is 0 Å². The summed E-state index contributed by atoms with van der Waals surface area (Å²) in [6.07, 6.45) is 1.77. The number of pyridine rings is 1. The highest BCUT2D eigenvalue weighted by atomic mass is 16.3. The minimum Gasteiger partial charge on any atom is -0.438 e. The molecule has 4 heteroatoms. The fourth-order valence-electron chi connectivity index (χ4n) is 7.37. The molecule has 0 bridgehead atoms. The lowest BCUT2D eigenvalue weighted by Crippen LogP contribution is -2.10. The van der Waals surface area contributed by atoms with Gasteiger partial charge in [0.1, 0.15) is 5.58 Å². The zero-order chi connectivity index (χ0) is 32.3. The van der Waals surface area contributed by atoms with E-state index >= 15 is 0 Å². The maximum Gasteiger partial charge on any atom is 0.227 e. The largest absolute Gasteiger partial charge is 0.438 e. The van der Waals surface area contributed by atoms with Gasteiger partial charge in [-0.25, -0.2) is 4.98 Å². The Morgan fingerprint density at radius 1 is 0.469 bits per heavy atom. The molecule has 3 heterocycles. The van der Waals surface area contributed by atoms with Crippen molar-refractivity contribution in [1.82, 2.24) is 9.55 Å². The number of hydrogen-bond donors (Lipinski definition) is 0. The van der Waals surface area contributed by atoms with Crippen LogP contribution in [-0.2, 0) is 0 Å². The summed E-state index contributed by atoms with van der Waals surface area (Å²) in [6, 6.07) is 60.5. The van der Waals surface area contributed by atoms with Crippen LogP contribution in [0.5, 0.6) is 0 Å². The van der Waals surface area contributed by atoms with Crippen LogP contribution in [0.25, 0.3) is 71.5 Å². The van der Waals surface area contributed by atoms with Crippen LogP contribution in [0.2, 0.25) is 0 Å². The molecule has 4 nitrogen and oxygen atoms in total. The van der Waals surface area contributed by atoms with Crippen LogP contribution < -0.4 is 4.90 Å². The summed E-state index contributed by atoms with van der Waals surface area (Å²) >= 11 is 0. The highest BCUT2D eigenvalue weighted by Crippen LogP contribution is 2.42. The van der Waals surface area contributed by atoms with Crippen LogP contribution in [0.4, 0.5) is 17.1 Å². The minimum absolute atomic E-state index is 0.653. The van der Waals surface area contributed by atoms with Crippen molar-refractivity contribution in [2.75, 3.05) is 4.90 Å². The normalized spacial score (nSPS) is 11.7. The van der Waals surface area contributed by atoms with Gasteiger partial charge in [-0.1, -0.05) is 97.1 Å². The van der Waals surface area contributed by atoms with E-state index in [0.29, 0.717) is 5.71 Å². The average molecular weight is 628 g/mol. The second kappa shape index (κ2) is 11.0. The van der Waals surface area contributed by atoms with Gasteiger partial charge in [0.05, 0.1) is 16.7 Å². The van der Waals surface area contributed by atoms with Crippen molar-refractivity contribution in [3.63, 3.8) is 0 Å². The fourth-order valence-corrected chi connectivity index (χ4v) is 7.37. The van der Waals surface area contributed by atoms with Crippen LogP contribution in [0.15, 0.2) is 180 Å². The maximum absolute atomic E-state index is 6.08. The summed E-state index contributed by atoms with van der Waals surface area (Å²) in [7, 11) is 0. The van der Waals surface area contributed by atoms with Gasteiger partial charge in [0.2, 0.25) is 5.71 Å². The first-order valence-electron chi connectivity index (χ1n) is 16.5. The molecule has 3 aromatic heterocycles. The van der Waals surface area contributed by atoms with Crippen molar-refractivity contribution in [2.24, 2.45) is 0 Å². The molecule has 0 saturated heterocycles. The Labute approximate surface area is 282 Å². The SMILES string of the molecule is c1ccc2c(N(c3ccc(-c4ccc(-n5c6ccccc6c6ccccc65)cc4)cc3)c3ccc4oc5ncccc5c4c3)cccc2c1. The summed E-state index contributed by atoms with van der Waals surface area (Å²) in [5.41, 5.74) is 10.6. The molecule has 0 aliphatic rings. The third-order valence-electron chi connectivity index (χ3n) is 9.66. The molecule has 0 unspecified atom stereocenters. The molecule has 230 valence electrons. The predicted molar refractivity (Wildman–Crippen MR) is 203 cm³/mol. The summed E-state index contributed by atoms with van der Waals surface area (Å²) in [5.74, 6) is 0. The molecule has 10 aromatic rings. The number of hydrogen-bond acceptors (Lipinski definition) is 3. The van der Waals surface area contributed by atoms with E-state index in [-0.39, 0.29) is 0 Å². The maximum atomic E-state index is 6.08. The van der Waals surface area contributed by atoms with Gasteiger partial charge in [-0.3, -0.25) is 0 Å². The Bertz CT molecular complexity index is 2770. The van der Waals surface area contributed by atoms with Crippen LogP contribution in [0.1, 0.15) is 0 Å². The third-order valence-corrected chi connectivity index (χ3v) is 9.66. The number of fused-ring (bicyclic) bond motifs is 7. The number of anilines is 3. The van der Waals surface area contributed by atoms with E-state index in [1.165, 1.54) is 38.1 Å². The third kappa shape index (κ3) is 4.42. The molecule has 0 N–H and O–H groups in total. The molecular weight excluding hydrogens is 599 g/mol. The van der Waals surface area contributed by atoms with Crippen molar-refractivity contribution < 1.29 is 4.42 Å².